The van der Waals surface area contributed by atoms with E-state index in [4.69, 9.17) is 5.11 Å². The Hall–Kier alpha value is -1.59. The summed E-state index contributed by atoms with van der Waals surface area (Å²) in [6, 6.07) is -0.501. The Labute approximate surface area is 119 Å². The van der Waals surface area contributed by atoms with Crippen molar-refractivity contribution in [3.05, 3.63) is 0 Å². The smallest absolute Gasteiger partial charge is 0.321 e. The molecule has 0 heterocycles. The lowest BCUT2D eigenvalue weighted by molar-refractivity contribution is -0.149. The van der Waals surface area contributed by atoms with E-state index in [0.717, 1.165) is 19.3 Å². The molecule has 1 saturated carbocycles. The first-order valence-electron chi connectivity index (χ1n) is 6.88. The Morgan fingerprint density at radius 3 is 2.35 bits per heavy atom. The summed E-state index contributed by atoms with van der Waals surface area (Å²) >= 11 is 0. The van der Waals surface area contributed by atoms with E-state index in [1.54, 1.807) is 0 Å². The summed E-state index contributed by atoms with van der Waals surface area (Å²) < 4.78 is 0. The van der Waals surface area contributed by atoms with E-state index in [0.29, 0.717) is 0 Å². The largest absolute Gasteiger partial charge is 0.481 e. The molecule has 0 saturated heterocycles. The van der Waals surface area contributed by atoms with Gasteiger partial charge in [0.15, 0.2) is 0 Å². The standard InChI is InChI=1S/C14H24N2O4/c1-13(2)7-5-6-9(13)15-12(20)16-10(17)8-14(3,4)11(18)19/h9H,5-8H2,1-4H3,(H,18,19)(H2,15,16,17,20). The predicted molar refractivity (Wildman–Crippen MR) is 74.1 cm³/mol. The first kappa shape index (κ1) is 16.5. The van der Waals surface area contributed by atoms with Gasteiger partial charge in [-0.05, 0) is 32.1 Å². The van der Waals surface area contributed by atoms with E-state index in [2.05, 4.69) is 24.5 Å². The number of amides is 3. The minimum Gasteiger partial charge on any atom is -0.481 e. The van der Waals surface area contributed by atoms with E-state index < -0.39 is 23.3 Å². The molecule has 1 aliphatic carbocycles. The van der Waals surface area contributed by atoms with Gasteiger partial charge in [0, 0.05) is 12.5 Å². The van der Waals surface area contributed by atoms with Crippen LogP contribution in [-0.4, -0.2) is 29.1 Å². The molecule has 0 aliphatic heterocycles. The van der Waals surface area contributed by atoms with Crippen molar-refractivity contribution in [1.29, 1.82) is 0 Å². The molecule has 3 amide bonds. The number of urea groups is 1. The fourth-order valence-corrected chi connectivity index (χ4v) is 2.44. The molecule has 0 spiro atoms. The van der Waals surface area contributed by atoms with E-state index >= 15 is 0 Å². The first-order chi connectivity index (χ1) is 9.04. The lowest BCUT2D eigenvalue weighted by atomic mass is 9.87. The molecule has 0 aromatic carbocycles. The van der Waals surface area contributed by atoms with Gasteiger partial charge in [-0.2, -0.15) is 0 Å². The molecule has 1 rings (SSSR count). The number of aliphatic carboxylic acids is 1. The Kier molecular flexibility index (Phi) is 4.78. The maximum absolute atomic E-state index is 11.8. The molecule has 114 valence electrons. The lowest BCUT2D eigenvalue weighted by Gasteiger charge is -2.27. The van der Waals surface area contributed by atoms with Crippen molar-refractivity contribution in [1.82, 2.24) is 10.6 Å². The average molecular weight is 284 g/mol. The molecule has 0 bridgehead atoms. The topological polar surface area (TPSA) is 95.5 Å². The van der Waals surface area contributed by atoms with Gasteiger partial charge in [-0.15, -0.1) is 0 Å². The average Bonchev–Trinajstić information content (AvgIpc) is 2.56. The van der Waals surface area contributed by atoms with Gasteiger partial charge in [-0.25, -0.2) is 4.79 Å². The predicted octanol–water partition coefficient (Wildman–Crippen LogP) is 1.89. The van der Waals surface area contributed by atoms with Gasteiger partial charge in [0.25, 0.3) is 0 Å². The van der Waals surface area contributed by atoms with Crippen molar-refractivity contribution in [2.75, 3.05) is 0 Å². The molecule has 3 N–H and O–H groups in total. The summed E-state index contributed by atoms with van der Waals surface area (Å²) in [5.41, 5.74) is -1.16. The second-order valence-electron chi connectivity index (χ2n) is 6.82. The third kappa shape index (κ3) is 4.21. The molecular formula is C14H24N2O4. The van der Waals surface area contributed by atoms with Crippen LogP contribution in [0.3, 0.4) is 0 Å². The van der Waals surface area contributed by atoms with Crippen LogP contribution in [0.1, 0.15) is 53.4 Å². The minimum atomic E-state index is -1.18. The van der Waals surface area contributed by atoms with Crippen molar-refractivity contribution >= 4 is 17.9 Å². The maximum atomic E-state index is 11.8. The monoisotopic (exact) mass is 284 g/mol. The second kappa shape index (κ2) is 5.81. The van der Waals surface area contributed by atoms with Crippen LogP contribution in [0.15, 0.2) is 0 Å². The van der Waals surface area contributed by atoms with E-state index in [1.807, 2.05) is 0 Å². The van der Waals surface area contributed by atoms with Crippen molar-refractivity contribution in [2.45, 2.75) is 59.4 Å². The van der Waals surface area contributed by atoms with Gasteiger partial charge in [0.1, 0.15) is 0 Å². The SMILES string of the molecule is CC(C)(CC(=O)NC(=O)NC1CCCC1(C)C)C(=O)O. The summed E-state index contributed by atoms with van der Waals surface area (Å²) in [6.07, 6.45) is 2.76. The number of rotatable bonds is 4. The molecule has 1 atom stereocenters. The Morgan fingerprint density at radius 2 is 1.90 bits per heavy atom. The van der Waals surface area contributed by atoms with Crippen LogP contribution in [0, 0.1) is 10.8 Å². The number of hydrogen-bond donors (Lipinski definition) is 3. The van der Waals surface area contributed by atoms with Gasteiger partial charge in [0.2, 0.25) is 5.91 Å². The summed E-state index contributed by atoms with van der Waals surface area (Å²) in [6.45, 7) is 7.07. The van der Waals surface area contributed by atoms with E-state index in [9.17, 15) is 14.4 Å². The quantitative estimate of drug-likeness (QED) is 0.734. The van der Waals surface area contributed by atoms with E-state index in [-0.39, 0.29) is 17.9 Å². The van der Waals surface area contributed by atoms with Gasteiger partial charge < -0.3 is 10.4 Å². The third-order valence-corrected chi connectivity index (χ3v) is 4.00. The van der Waals surface area contributed by atoms with Crippen LogP contribution in [0.5, 0.6) is 0 Å². The van der Waals surface area contributed by atoms with Crippen LogP contribution in [0.4, 0.5) is 4.79 Å². The van der Waals surface area contributed by atoms with Crippen LogP contribution in [0.25, 0.3) is 0 Å². The highest BCUT2D eigenvalue weighted by molar-refractivity contribution is 5.96. The van der Waals surface area contributed by atoms with Crippen LogP contribution in [-0.2, 0) is 9.59 Å². The van der Waals surface area contributed by atoms with Crippen molar-refractivity contribution in [3.8, 4) is 0 Å². The Balaban J connectivity index is 2.47. The van der Waals surface area contributed by atoms with Gasteiger partial charge in [0.05, 0.1) is 5.41 Å². The fourth-order valence-electron chi connectivity index (χ4n) is 2.44. The summed E-state index contributed by atoms with van der Waals surface area (Å²) in [5.74, 6) is -1.64. The molecule has 6 nitrogen and oxygen atoms in total. The normalized spacial score (nSPS) is 21.3. The van der Waals surface area contributed by atoms with Gasteiger partial charge in [-0.1, -0.05) is 20.3 Å². The van der Waals surface area contributed by atoms with Crippen LogP contribution in [0.2, 0.25) is 0 Å². The molecule has 1 unspecified atom stereocenters. The number of carboxylic acids is 1. The van der Waals surface area contributed by atoms with Crippen molar-refractivity contribution < 1.29 is 19.5 Å². The third-order valence-electron chi connectivity index (χ3n) is 4.00. The summed E-state index contributed by atoms with van der Waals surface area (Å²) in [4.78, 5) is 34.4. The van der Waals surface area contributed by atoms with Crippen LogP contribution < -0.4 is 10.6 Å². The molecule has 20 heavy (non-hydrogen) atoms. The van der Waals surface area contributed by atoms with E-state index in [1.165, 1.54) is 13.8 Å². The number of carbonyl (C=O) groups is 3. The maximum Gasteiger partial charge on any atom is 0.321 e. The summed E-state index contributed by atoms with van der Waals surface area (Å²) in [5, 5.41) is 13.9. The van der Waals surface area contributed by atoms with Crippen LogP contribution >= 0.6 is 0 Å². The van der Waals surface area contributed by atoms with Gasteiger partial charge in [-0.3, -0.25) is 14.9 Å². The fraction of sp³-hybridized carbons (Fsp3) is 0.786. The van der Waals surface area contributed by atoms with Crippen molar-refractivity contribution in [3.63, 3.8) is 0 Å². The molecule has 6 heteroatoms. The number of carbonyl (C=O) groups excluding carboxylic acids is 2. The number of imide groups is 1. The Bertz CT molecular complexity index is 415. The Morgan fingerprint density at radius 1 is 1.30 bits per heavy atom. The number of hydrogen-bond acceptors (Lipinski definition) is 3. The molecular weight excluding hydrogens is 260 g/mol. The lowest BCUT2D eigenvalue weighted by Crippen LogP contribution is -2.48. The number of nitrogens with one attached hydrogen (secondary N) is 2. The molecule has 0 aromatic heterocycles. The minimum absolute atomic E-state index is 0.0285. The zero-order valence-electron chi connectivity index (χ0n) is 12.6. The zero-order chi connectivity index (χ0) is 15.6. The molecule has 1 fully saturated rings. The van der Waals surface area contributed by atoms with Gasteiger partial charge >= 0.3 is 12.0 Å². The highest BCUT2D eigenvalue weighted by Gasteiger charge is 2.36. The summed E-state index contributed by atoms with van der Waals surface area (Å²) in [7, 11) is 0. The first-order valence-corrected chi connectivity index (χ1v) is 6.88. The molecule has 0 aromatic rings. The molecule has 0 radical (unpaired) electrons. The highest BCUT2D eigenvalue weighted by atomic mass is 16.4. The molecule has 1 aliphatic rings. The zero-order valence-corrected chi connectivity index (χ0v) is 12.6. The second-order valence-corrected chi connectivity index (χ2v) is 6.82. The highest BCUT2D eigenvalue weighted by Crippen LogP contribution is 2.37. The van der Waals surface area contributed by atoms with Crippen molar-refractivity contribution in [2.24, 2.45) is 10.8 Å². The number of carboxylic acid groups (broad SMARTS) is 1.